The molecule has 0 heterocycles. The van der Waals surface area contributed by atoms with Gasteiger partial charge >= 0.3 is 5.97 Å². The molecule has 1 rings (SSSR count). The minimum atomic E-state index is -0.393. The van der Waals surface area contributed by atoms with E-state index in [1.165, 1.54) is 7.11 Å². The fourth-order valence-corrected chi connectivity index (χ4v) is 2.58. The molecule has 1 atom stereocenters. The molecule has 0 aliphatic heterocycles. The van der Waals surface area contributed by atoms with E-state index in [1.54, 1.807) is 25.3 Å². The molecular weight excluding hydrogens is 324 g/mol. The largest absolute Gasteiger partial charge is 0.493 e. The molecule has 0 fully saturated rings. The summed E-state index contributed by atoms with van der Waals surface area (Å²) in [5, 5.41) is 0.882. The number of carbonyl (C=O) groups is 1. The van der Waals surface area contributed by atoms with Crippen molar-refractivity contribution in [2.24, 2.45) is 11.8 Å². The number of carbonyl (C=O) groups excluding carboxylic acids is 1. The van der Waals surface area contributed by atoms with Gasteiger partial charge in [0.2, 0.25) is 0 Å². The third kappa shape index (κ3) is 4.40. The molecule has 1 aromatic carbocycles. The van der Waals surface area contributed by atoms with Crippen LogP contribution in [0.5, 0.6) is 11.5 Å². The standard InChI is InChI=1S/C15H21BrO4/c1-10(2)12(8-16)9-20-13-6-5-11(15(17)19-4)7-14(13)18-3/h5-7,10,12H,8-9H2,1-4H3. The molecule has 0 saturated carbocycles. The van der Waals surface area contributed by atoms with Gasteiger partial charge in [-0.3, -0.25) is 0 Å². The van der Waals surface area contributed by atoms with Gasteiger partial charge in [-0.1, -0.05) is 29.8 Å². The van der Waals surface area contributed by atoms with Gasteiger partial charge in [-0.15, -0.1) is 0 Å². The van der Waals surface area contributed by atoms with Gasteiger partial charge in [0, 0.05) is 11.2 Å². The summed E-state index contributed by atoms with van der Waals surface area (Å²) < 4.78 is 15.7. The van der Waals surface area contributed by atoms with Gasteiger partial charge in [0.15, 0.2) is 11.5 Å². The lowest BCUT2D eigenvalue weighted by molar-refractivity contribution is 0.0600. The van der Waals surface area contributed by atoms with Crippen molar-refractivity contribution < 1.29 is 19.0 Å². The van der Waals surface area contributed by atoms with E-state index >= 15 is 0 Å². The zero-order chi connectivity index (χ0) is 15.1. The second-order valence-corrected chi connectivity index (χ2v) is 5.47. The Morgan fingerprint density at radius 3 is 2.45 bits per heavy atom. The van der Waals surface area contributed by atoms with Gasteiger partial charge in [-0.2, -0.15) is 0 Å². The first-order valence-corrected chi connectivity index (χ1v) is 7.60. The Morgan fingerprint density at radius 2 is 1.95 bits per heavy atom. The predicted molar refractivity (Wildman–Crippen MR) is 82.0 cm³/mol. The van der Waals surface area contributed by atoms with Gasteiger partial charge < -0.3 is 14.2 Å². The zero-order valence-electron chi connectivity index (χ0n) is 12.3. The molecule has 20 heavy (non-hydrogen) atoms. The summed E-state index contributed by atoms with van der Waals surface area (Å²) in [6.07, 6.45) is 0. The summed E-state index contributed by atoms with van der Waals surface area (Å²) in [6, 6.07) is 5.03. The second kappa shape index (κ2) is 8.15. The predicted octanol–water partition coefficient (Wildman–Crippen LogP) is 3.53. The highest BCUT2D eigenvalue weighted by Crippen LogP contribution is 2.29. The van der Waals surface area contributed by atoms with Crippen LogP contribution in [-0.4, -0.2) is 32.1 Å². The van der Waals surface area contributed by atoms with Crippen molar-refractivity contribution in [3.05, 3.63) is 23.8 Å². The van der Waals surface area contributed by atoms with Crippen LogP contribution < -0.4 is 9.47 Å². The molecule has 4 nitrogen and oxygen atoms in total. The Kier molecular flexibility index (Phi) is 6.85. The molecule has 112 valence electrons. The number of halogens is 1. The number of rotatable bonds is 7. The van der Waals surface area contributed by atoms with Gasteiger partial charge in [0.05, 0.1) is 26.4 Å². The van der Waals surface area contributed by atoms with Crippen molar-refractivity contribution in [2.75, 3.05) is 26.2 Å². The van der Waals surface area contributed by atoms with Crippen molar-refractivity contribution in [1.29, 1.82) is 0 Å². The van der Waals surface area contributed by atoms with E-state index in [2.05, 4.69) is 34.5 Å². The maximum Gasteiger partial charge on any atom is 0.337 e. The van der Waals surface area contributed by atoms with E-state index in [0.717, 1.165) is 5.33 Å². The number of esters is 1. The van der Waals surface area contributed by atoms with Crippen molar-refractivity contribution in [1.82, 2.24) is 0 Å². The molecule has 0 spiro atoms. The molecular formula is C15H21BrO4. The first-order chi connectivity index (χ1) is 9.53. The molecule has 5 heteroatoms. The van der Waals surface area contributed by atoms with E-state index in [9.17, 15) is 4.79 Å². The summed E-state index contributed by atoms with van der Waals surface area (Å²) in [5.74, 6) is 1.71. The topological polar surface area (TPSA) is 44.8 Å². The van der Waals surface area contributed by atoms with Gasteiger partial charge in [0.1, 0.15) is 0 Å². The molecule has 0 N–H and O–H groups in total. The average molecular weight is 345 g/mol. The number of alkyl halides is 1. The number of hydrogen-bond acceptors (Lipinski definition) is 4. The van der Waals surface area contributed by atoms with Crippen molar-refractivity contribution in [2.45, 2.75) is 13.8 Å². The van der Waals surface area contributed by atoms with Crippen molar-refractivity contribution >= 4 is 21.9 Å². The SMILES string of the molecule is COC(=O)c1ccc(OCC(CBr)C(C)C)c(OC)c1. The molecule has 0 aliphatic carbocycles. The van der Waals surface area contributed by atoms with E-state index < -0.39 is 5.97 Å². The summed E-state index contributed by atoms with van der Waals surface area (Å²) >= 11 is 3.49. The monoisotopic (exact) mass is 344 g/mol. The lowest BCUT2D eigenvalue weighted by atomic mass is 9.99. The Morgan fingerprint density at radius 1 is 1.25 bits per heavy atom. The Hall–Kier alpha value is -1.23. The van der Waals surface area contributed by atoms with Crippen LogP contribution in [0.1, 0.15) is 24.2 Å². The number of ether oxygens (including phenoxy) is 3. The quantitative estimate of drug-likeness (QED) is 0.560. The van der Waals surface area contributed by atoms with E-state index in [4.69, 9.17) is 9.47 Å². The Balaban J connectivity index is 2.82. The highest BCUT2D eigenvalue weighted by Gasteiger charge is 2.15. The van der Waals surface area contributed by atoms with E-state index in [-0.39, 0.29) is 0 Å². The van der Waals surface area contributed by atoms with Crippen LogP contribution in [0, 0.1) is 11.8 Å². The van der Waals surface area contributed by atoms with E-state index in [0.29, 0.717) is 35.5 Å². The molecule has 0 aromatic heterocycles. The summed E-state index contributed by atoms with van der Waals surface area (Å²) in [7, 11) is 2.90. The summed E-state index contributed by atoms with van der Waals surface area (Å²) in [5.41, 5.74) is 0.442. The highest BCUT2D eigenvalue weighted by atomic mass is 79.9. The maximum atomic E-state index is 11.5. The normalized spacial score (nSPS) is 12.1. The van der Waals surface area contributed by atoms with Gasteiger partial charge in [0.25, 0.3) is 0 Å². The molecule has 1 aromatic rings. The first-order valence-electron chi connectivity index (χ1n) is 6.48. The molecule has 0 saturated heterocycles. The van der Waals surface area contributed by atoms with Crippen LogP contribution in [0.4, 0.5) is 0 Å². The van der Waals surface area contributed by atoms with Crippen molar-refractivity contribution in [3.63, 3.8) is 0 Å². The number of methoxy groups -OCH3 is 2. The maximum absolute atomic E-state index is 11.5. The van der Waals surface area contributed by atoms with Crippen LogP contribution >= 0.6 is 15.9 Å². The van der Waals surface area contributed by atoms with Gasteiger partial charge in [-0.05, 0) is 24.1 Å². The smallest absolute Gasteiger partial charge is 0.337 e. The van der Waals surface area contributed by atoms with Crippen LogP contribution in [0.15, 0.2) is 18.2 Å². The lowest BCUT2D eigenvalue weighted by Crippen LogP contribution is -2.19. The minimum Gasteiger partial charge on any atom is -0.493 e. The first kappa shape index (κ1) is 16.8. The Labute approximate surface area is 128 Å². The molecule has 0 amide bonds. The Bertz CT molecular complexity index is 445. The highest BCUT2D eigenvalue weighted by molar-refractivity contribution is 9.09. The number of benzene rings is 1. The van der Waals surface area contributed by atoms with Crippen LogP contribution in [0.2, 0.25) is 0 Å². The fourth-order valence-electron chi connectivity index (χ4n) is 1.64. The molecule has 0 aliphatic rings. The molecule has 0 radical (unpaired) electrons. The van der Waals surface area contributed by atoms with Crippen LogP contribution in [0.25, 0.3) is 0 Å². The van der Waals surface area contributed by atoms with Crippen LogP contribution in [-0.2, 0) is 4.74 Å². The van der Waals surface area contributed by atoms with Crippen molar-refractivity contribution in [3.8, 4) is 11.5 Å². The van der Waals surface area contributed by atoms with E-state index in [1.807, 2.05) is 0 Å². The third-order valence-corrected chi connectivity index (χ3v) is 4.01. The second-order valence-electron chi connectivity index (χ2n) is 4.83. The zero-order valence-corrected chi connectivity index (χ0v) is 13.9. The third-order valence-electron chi connectivity index (χ3n) is 3.18. The molecule has 0 bridgehead atoms. The van der Waals surface area contributed by atoms with Crippen LogP contribution in [0.3, 0.4) is 0 Å². The average Bonchev–Trinajstić information content (AvgIpc) is 2.46. The van der Waals surface area contributed by atoms with Gasteiger partial charge in [-0.25, -0.2) is 4.79 Å². The summed E-state index contributed by atoms with van der Waals surface area (Å²) in [6.45, 7) is 4.91. The number of hydrogen-bond donors (Lipinski definition) is 0. The minimum absolute atomic E-state index is 0.393. The fraction of sp³-hybridized carbons (Fsp3) is 0.533. The summed E-state index contributed by atoms with van der Waals surface area (Å²) in [4.78, 5) is 11.5. The lowest BCUT2D eigenvalue weighted by Gasteiger charge is -2.19. The molecule has 1 unspecified atom stereocenters.